The van der Waals surface area contributed by atoms with Crippen molar-refractivity contribution in [3.05, 3.63) is 29.0 Å². The number of aliphatic imine (C=N–C) groups is 1. The van der Waals surface area contributed by atoms with E-state index in [1.807, 2.05) is 6.07 Å². The smallest absolute Gasteiger partial charge is 0.191 e. The van der Waals surface area contributed by atoms with Crippen LogP contribution in [0.5, 0.6) is 0 Å². The zero-order chi connectivity index (χ0) is 13.9. The predicted molar refractivity (Wildman–Crippen MR) is 81.6 cm³/mol. The van der Waals surface area contributed by atoms with Crippen LogP contribution in [0.1, 0.15) is 38.7 Å². The van der Waals surface area contributed by atoms with E-state index in [-0.39, 0.29) is 0 Å². The van der Waals surface area contributed by atoms with E-state index >= 15 is 0 Å². The third-order valence-electron chi connectivity index (χ3n) is 2.63. The lowest BCUT2D eigenvalue weighted by Crippen LogP contribution is -2.37. The van der Waals surface area contributed by atoms with Gasteiger partial charge in [-0.1, -0.05) is 37.4 Å². The molecule has 0 radical (unpaired) electrons. The SMILES string of the molecule is CCCCCNC(=NCc1ccc(Cl)nc1)NCC. The molecule has 1 aromatic rings. The highest BCUT2D eigenvalue weighted by Crippen LogP contribution is 2.05. The molecule has 2 N–H and O–H groups in total. The molecule has 0 unspecified atom stereocenters. The number of hydrogen-bond donors (Lipinski definition) is 2. The van der Waals surface area contributed by atoms with Gasteiger partial charge >= 0.3 is 0 Å². The van der Waals surface area contributed by atoms with Crippen molar-refractivity contribution in [1.29, 1.82) is 0 Å². The minimum Gasteiger partial charge on any atom is -0.357 e. The van der Waals surface area contributed by atoms with Gasteiger partial charge < -0.3 is 10.6 Å². The van der Waals surface area contributed by atoms with Gasteiger partial charge in [-0.25, -0.2) is 9.98 Å². The van der Waals surface area contributed by atoms with Crippen molar-refractivity contribution >= 4 is 17.6 Å². The molecule has 0 bridgehead atoms. The van der Waals surface area contributed by atoms with Gasteiger partial charge in [0, 0.05) is 19.3 Å². The topological polar surface area (TPSA) is 49.3 Å². The molecule has 0 spiro atoms. The highest BCUT2D eigenvalue weighted by molar-refractivity contribution is 6.29. The number of pyridine rings is 1. The van der Waals surface area contributed by atoms with E-state index in [1.54, 1.807) is 12.3 Å². The Morgan fingerprint density at radius 2 is 2.11 bits per heavy atom. The lowest BCUT2D eigenvalue weighted by Gasteiger charge is -2.10. The molecular formula is C14H23ClN4. The second kappa shape index (κ2) is 9.62. The minimum absolute atomic E-state index is 0.511. The number of unbranched alkanes of at least 4 members (excludes halogenated alkanes) is 2. The molecule has 0 saturated carbocycles. The van der Waals surface area contributed by atoms with Crippen molar-refractivity contribution in [2.45, 2.75) is 39.7 Å². The van der Waals surface area contributed by atoms with Crippen LogP contribution in [0.25, 0.3) is 0 Å². The summed E-state index contributed by atoms with van der Waals surface area (Å²) in [6, 6.07) is 3.73. The van der Waals surface area contributed by atoms with E-state index in [0.717, 1.165) is 24.6 Å². The van der Waals surface area contributed by atoms with Crippen LogP contribution in [-0.2, 0) is 6.54 Å². The zero-order valence-corrected chi connectivity index (χ0v) is 12.5. The zero-order valence-electron chi connectivity index (χ0n) is 11.7. The van der Waals surface area contributed by atoms with E-state index in [9.17, 15) is 0 Å². The normalized spacial score (nSPS) is 11.4. The second-order valence-corrected chi connectivity index (χ2v) is 4.71. The first-order valence-corrected chi connectivity index (χ1v) is 7.26. The summed E-state index contributed by atoms with van der Waals surface area (Å²) >= 11 is 5.75. The van der Waals surface area contributed by atoms with Crippen molar-refractivity contribution < 1.29 is 0 Å². The first-order valence-electron chi connectivity index (χ1n) is 6.88. The number of guanidine groups is 1. The highest BCUT2D eigenvalue weighted by Gasteiger charge is 1.97. The second-order valence-electron chi connectivity index (χ2n) is 4.32. The molecule has 19 heavy (non-hydrogen) atoms. The van der Waals surface area contributed by atoms with Crippen LogP contribution in [0.15, 0.2) is 23.3 Å². The van der Waals surface area contributed by atoms with Crippen molar-refractivity contribution in [3.8, 4) is 0 Å². The molecule has 0 amide bonds. The summed E-state index contributed by atoms with van der Waals surface area (Å²) in [7, 11) is 0. The van der Waals surface area contributed by atoms with Crippen LogP contribution in [0.3, 0.4) is 0 Å². The van der Waals surface area contributed by atoms with E-state index in [2.05, 4.69) is 34.5 Å². The predicted octanol–water partition coefficient (Wildman–Crippen LogP) is 2.98. The van der Waals surface area contributed by atoms with E-state index in [0.29, 0.717) is 11.7 Å². The Hall–Kier alpha value is -1.29. The van der Waals surface area contributed by atoms with Gasteiger partial charge in [-0.2, -0.15) is 0 Å². The molecule has 0 aliphatic rings. The fraction of sp³-hybridized carbons (Fsp3) is 0.571. The molecule has 106 valence electrons. The maximum Gasteiger partial charge on any atom is 0.191 e. The Morgan fingerprint density at radius 3 is 2.74 bits per heavy atom. The van der Waals surface area contributed by atoms with Crippen molar-refractivity contribution in [3.63, 3.8) is 0 Å². The Balaban J connectivity index is 2.45. The number of nitrogens with one attached hydrogen (secondary N) is 2. The third kappa shape index (κ3) is 7.01. The van der Waals surface area contributed by atoms with E-state index in [4.69, 9.17) is 11.6 Å². The summed E-state index contributed by atoms with van der Waals surface area (Å²) in [5, 5.41) is 7.07. The molecule has 0 fully saturated rings. The number of halogens is 1. The third-order valence-corrected chi connectivity index (χ3v) is 2.85. The summed E-state index contributed by atoms with van der Waals surface area (Å²) in [4.78, 5) is 8.57. The average Bonchev–Trinajstić information content (AvgIpc) is 2.42. The average molecular weight is 283 g/mol. The largest absolute Gasteiger partial charge is 0.357 e. The first-order chi connectivity index (χ1) is 9.26. The number of rotatable bonds is 7. The molecule has 0 aliphatic heterocycles. The Labute approximate surface area is 120 Å². The maximum atomic E-state index is 5.75. The molecular weight excluding hydrogens is 260 g/mol. The van der Waals surface area contributed by atoms with E-state index in [1.165, 1.54) is 19.3 Å². The summed E-state index contributed by atoms with van der Waals surface area (Å²) in [6.45, 7) is 6.68. The summed E-state index contributed by atoms with van der Waals surface area (Å²) < 4.78 is 0. The number of nitrogens with zero attached hydrogens (tertiary/aromatic N) is 2. The lowest BCUT2D eigenvalue weighted by molar-refractivity contribution is 0.683. The van der Waals surface area contributed by atoms with Gasteiger partial charge in [0.25, 0.3) is 0 Å². The summed E-state index contributed by atoms with van der Waals surface area (Å²) in [5.74, 6) is 0.855. The molecule has 4 nitrogen and oxygen atoms in total. The van der Waals surface area contributed by atoms with Gasteiger partial charge in [0.2, 0.25) is 0 Å². The monoisotopic (exact) mass is 282 g/mol. The van der Waals surface area contributed by atoms with Gasteiger partial charge in [0.05, 0.1) is 6.54 Å². The van der Waals surface area contributed by atoms with Gasteiger partial charge in [-0.15, -0.1) is 0 Å². The molecule has 1 aromatic heterocycles. The highest BCUT2D eigenvalue weighted by atomic mass is 35.5. The van der Waals surface area contributed by atoms with Crippen LogP contribution in [-0.4, -0.2) is 24.0 Å². The van der Waals surface area contributed by atoms with Crippen molar-refractivity contribution in [1.82, 2.24) is 15.6 Å². The standard InChI is InChI=1S/C14H23ClN4/c1-3-5-6-9-17-14(16-4-2)19-11-12-7-8-13(15)18-10-12/h7-8,10H,3-6,9,11H2,1-2H3,(H2,16,17,19). The van der Waals surface area contributed by atoms with Crippen LogP contribution in [0.4, 0.5) is 0 Å². The van der Waals surface area contributed by atoms with Gasteiger partial charge in [0.1, 0.15) is 5.15 Å². The fourth-order valence-electron chi connectivity index (χ4n) is 1.59. The Bertz CT molecular complexity index is 376. The van der Waals surface area contributed by atoms with Crippen LogP contribution in [0, 0.1) is 0 Å². The number of hydrogen-bond acceptors (Lipinski definition) is 2. The lowest BCUT2D eigenvalue weighted by atomic mass is 10.2. The van der Waals surface area contributed by atoms with Gasteiger partial charge in [-0.3, -0.25) is 0 Å². The van der Waals surface area contributed by atoms with Crippen LogP contribution >= 0.6 is 11.6 Å². The molecule has 1 heterocycles. The van der Waals surface area contributed by atoms with Crippen LogP contribution < -0.4 is 10.6 Å². The first kappa shape index (κ1) is 15.8. The van der Waals surface area contributed by atoms with Crippen molar-refractivity contribution in [2.24, 2.45) is 4.99 Å². The quantitative estimate of drug-likeness (QED) is 0.350. The Morgan fingerprint density at radius 1 is 1.26 bits per heavy atom. The van der Waals surface area contributed by atoms with E-state index < -0.39 is 0 Å². The summed E-state index contributed by atoms with van der Waals surface area (Å²) in [6.07, 6.45) is 5.40. The minimum atomic E-state index is 0.511. The number of aromatic nitrogens is 1. The molecule has 0 saturated heterocycles. The maximum absolute atomic E-state index is 5.75. The van der Waals surface area contributed by atoms with Crippen molar-refractivity contribution in [2.75, 3.05) is 13.1 Å². The molecule has 5 heteroatoms. The molecule has 0 atom stereocenters. The molecule has 0 aromatic carbocycles. The Kier molecular flexibility index (Phi) is 7.98. The van der Waals surface area contributed by atoms with Gasteiger partial charge in [-0.05, 0) is 25.0 Å². The molecule has 1 rings (SSSR count). The summed E-state index contributed by atoms with van der Waals surface area (Å²) in [5.41, 5.74) is 1.05. The fourth-order valence-corrected chi connectivity index (χ4v) is 1.71. The van der Waals surface area contributed by atoms with Gasteiger partial charge in [0.15, 0.2) is 5.96 Å². The van der Waals surface area contributed by atoms with Crippen LogP contribution in [0.2, 0.25) is 5.15 Å². The molecule has 0 aliphatic carbocycles.